The summed E-state index contributed by atoms with van der Waals surface area (Å²) in [6.45, 7) is 5.68. The summed E-state index contributed by atoms with van der Waals surface area (Å²) in [5, 5.41) is 11.5. The van der Waals surface area contributed by atoms with Crippen LogP contribution in [0.25, 0.3) is 0 Å². The zero-order valence-corrected chi connectivity index (χ0v) is 14.1. The highest BCUT2D eigenvalue weighted by Gasteiger charge is 2.27. The number of ether oxygens (including phenoxy) is 1. The van der Waals surface area contributed by atoms with Gasteiger partial charge in [0.05, 0.1) is 12.7 Å². The molecule has 0 amide bonds. The van der Waals surface area contributed by atoms with Crippen LogP contribution < -0.4 is 10.1 Å². The van der Waals surface area contributed by atoms with Gasteiger partial charge in [0, 0.05) is 19.4 Å². The van der Waals surface area contributed by atoms with Gasteiger partial charge in [0.2, 0.25) is 17.7 Å². The van der Waals surface area contributed by atoms with Crippen molar-refractivity contribution in [2.45, 2.75) is 52.5 Å². The van der Waals surface area contributed by atoms with E-state index in [2.05, 4.69) is 25.5 Å². The molecule has 0 unspecified atom stereocenters. The summed E-state index contributed by atoms with van der Waals surface area (Å²) < 4.78 is 10.8. The minimum absolute atomic E-state index is 0.404. The van der Waals surface area contributed by atoms with Crippen molar-refractivity contribution in [1.82, 2.24) is 20.2 Å². The quantitative estimate of drug-likeness (QED) is 0.907. The van der Waals surface area contributed by atoms with E-state index in [0.29, 0.717) is 29.6 Å². The minimum atomic E-state index is 0.404. The Morgan fingerprint density at radius 3 is 2.70 bits per heavy atom. The summed E-state index contributed by atoms with van der Waals surface area (Å²) in [6, 6.07) is 0.404. The fraction of sp³-hybridized carbons (Fsp3) is 0.625. The largest absolute Gasteiger partial charge is 0.481 e. The molecule has 1 N–H and O–H groups in total. The van der Waals surface area contributed by atoms with E-state index in [1.54, 1.807) is 7.11 Å². The van der Waals surface area contributed by atoms with Crippen LogP contribution in [0.3, 0.4) is 0 Å². The smallest absolute Gasteiger partial charge is 0.221 e. The molecule has 7 heteroatoms. The second-order valence-electron chi connectivity index (χ2n) is 6.19. The van der Waals surface area contributed by atoms with Gasteiger partial charge in [-0.2, -0.15) is 4.98 Å². The van der Waals surface area contributed by atoms with Crippen LogP contribution in [0.4, 0.5) is 5.82 Å². The SMILES string of the molecule is COc1nc(C)nc(N[C@H]2CC[C@@H](Cc3nnc(C)o3)C2)c1C. The van der Waals surface area contributed by atoms with Crippen LogP contribution in [-0.2, 0) is 6.42 Å². The highest BCUT2D eigenvalue weighted by atomic mass is 16.5. The second kappa shape index (κ2) is 6.52. The van der Waals surface area contributed by atoms with Gasteiger partial charge in [-0.3, -0.25) is 0 Å². The standard InChI is InChI=1S/C16H23N5O2/c1-9-15(17-10(2)18-16(9)22-4)19-13-6-5-12(7-13)8-14-21-20-11(3)23-14/h12-13H,5-8H2,1-4H3,(H,17,18,19)/t12-,13+/m1/s1. The third kappa shape index (κ3) is 3.60. The maximum atomic E-state index is 5.48. The molecule has 23 heavy (non-hydrogen) atoms. The first kappa shape index (κ1) is 15.7. The first-order valence-electron chi connectivity index (χ1n) is 8.00. The van der Waals surface area contributed by atoms with Gasteiger partial charge < -0.3 is 14.5 Å². The fourth-order valence-electron chi connectivity index (χ4n) is 3.19. The van der Waals surface area contributed by atoms with E-state index in [0.717, 1.165) is 43.0 Å². The van der Waals surface area contributed by atoms with Gasteiger partial charge in [0.25, 0.3) is 0 Å². The Morgan fingerprint density at radius 1 is 1.17 bits per heavy atom. The average Bonchev–Trinajstić information content (AvgIpc) is 3.12. The Labute approximate surface area is 135 Å². The summed E-state index contributed by atoms with van der Waals surface area (Å²) >= 11 is 0. The van der Waals surface area contributed by atoms with E-state index >= 15 is 0 Å². The molecule has 2 heterocycles. The molecule has 1 aliphatic rings. The molecular weight excluding hydrogens is 294 g/mol. The number of hydrogen-bond acceptors (Lipinski definition) is 7. The molecule has 1 fully saturated rings. The summed E-state index contributed by atoms with van der Waals surface area (Å²) in [5.41, 5.74) is 0.953. The summed E-state index contributed by atoms with van der Waals surface area (Å²) in [4.78, 5) is 8.81. The maximum absolute atomic E-state index is 5.48. The van der Waals surface area contributed by atoms with E-state index in [1.165, 1.54) is 0 Å². The zero-order valence-electron chi connectivity index (χ0n) is 14.1. The molecule has 2 aromatic rings. The number of nitrogens with zero attached hydrogens (tertiary/aromatic N) is 4. The summed E-state index contributed by atoms with van der Waals surface area (Å²) in [5.74, 6) is 4.16. The molecule has 1 saturated carbocycles. The van der Waals surface area contributed by atoms with Crippen LogP contribution in [-0.4, -0.2) is 33.3 Å². The molecule has 7 nitrogen and oxygen atoms in total. The number of anilines is 1. The van der Waals surface area contributed by atoms with E-state index in [4.69, 9.17) is 9.15 Å². The van der Waals surface area contributed by atoms with Gasteiger partial charge in [0.15, 0.2) is 0 Å². The van der Waals surface area contributed by atoms with Crippen molar-refractivity contribution in [3.05, 3.63) is 23.2 Å². The van der Waals surface area contributed by atoms with Crippen LogP contribution in [0.15, 0.2) is 4.42 Å². The molecule has 1 aliphatic carbocycles. The highest BCUT2D eigenvalue weighted by molar-refractivity contribution is 5.49. The summed E-state index contributed by atoms with van der Waals surface area (Å²) in [6.07, 6.45) is 4.19. The Hall–Kier alpha value is -2.18. The minimum Gasteiger partial charge on any atom is -0.481 e. The molecular formula is C16H23N5O2. The molecule has 0 aliphatic heterocycles. The highest BCUT2D eigenvalue weighted by Crippen LogP contribution is 2.31. The van der Waals surface area contributed by atoms with Crippen molar-refractivity contribution in [3.63, 3.8) is 0 Å². The lowest BCUT2D eigenvalue weighted by Crippen LogP contribution is -2.18. The van der Waals surface area contributed by atoms with Gasteiger partial charge in [0.1, 0.15) is 11.6 Å². The topological polar surface area (TPSA) is 86.0 Å². The molecule has 2 aromatic heterocycles. The number of methoxy groups -OCH3 is 1. The second-order valence-corrected chi connectivity index (χ2v) is 6.19. The molecule has 3 rings (SSSR count). The third-order valence-electron chi connectivity index (χ3n) is 4.32. The maximum Gasteiger partial charge on any atom is 0.221 e. The Morgan fingerprint density at radius 2 is 2.00 bits per heavy atom. The zero-order chi connectivity index (χ0) is 16.4. The molecule has 2 atom stereocenters. The average molecular weight is 317 g/mol. The van der Waals surface area contributed by atoms with Gasteiger partial charge in [-0.05, 0) is 39.0 Å². The van der Waals surface area contributed by atoms with E-state index in [1.807, 2.05) is 20.8 Å². The molecule has 0 radical (unpaired) electrons. The van der Waals surface area contributed by atoms with Gasteiger partial charge in [-0.25, -0.2) is 4.98 Å². The Kier molecular flexibility index (Phi) is 4.45. The number of aryl methyl sites for hydroxylation is 2. The lowest BCUT2D eigenvalue weighted by molar-refractivity contribution is 0.392. The fourth-order valence-corrected chi connectivity index (χ4v) is 3.19. The number of rotatable bonds is 5. The van der Waals surface area contributed by atoms with Crippen molar-refractivity contribution in [1.29, 1.82) is 0 Å². The van der Waals surface area contributed by atoms with Crippen LogP contribution in [0.2, 0.25) is 0 Å². The summed E-state index contributed by atoms with van der Waals surface area (Å²) in [7, 11) is 1.64. The number of nitrogens with one attached hydrogen (secondary N) is 1. The normalized spacial score (nSPS) is 20.7. The van der Waals surface area contributed by atoms with Crippen LogP contribution >= 0.6 is 0 Å². The van der Waals surface area contributed by atoms with Crippen LogP contribution in [0.1, 0.15) is 42.4 Å². The molecule has 0 aromatic carbocycles. The Balaban J connectivity index is 1.63. The van der Waals surface area contributed by atoms with Crippen molar-refractivity contribution in [2.75, 3.05) is 12.4 Å². The van der Waals surface area contributed by atoms with Crippen LogP contribution in [0.5, 0.6) is 5.88 Å². The lowest BCUT2D eigenvalue weighted by atomic mass is 10.0. The van der Waals surface area contributed by atoms with Crippen molar-refractivity contribution in [3.8, 4) is 5.88 Å². The van der Waals surface area contributed by atoms with E-state index < -0.39 is 0 Å². The predicted octanol–water partition coefficient (Wildman–Crippen LogP) is 2.62. The lowest BCUT2D eigenvalue weighted by Gasteiger charge is -2.17. The van der Waals surface area contributed by atoms with Crippen LogP contribution in [0, 0.1) is 26.7 Å². The Bertz CT molecular complexity index is 685. The monoisotopic (exact) mass is 317 g/mol. The van der Waals surface area contributed by atoms with Gasteiger partial charge in [-0.15, -0.1) is 10.2 Å². The first-order valence-corrected chi connectivity index (χ1v) is 8.00. The van der Waals surface area contributed by atoms with E-state index in [9.17, 15) is 0 Å². The van der Waals surface area contributed by atoms with Crippen molar-refractivity contribution >= 4 is 5.82 Å². The van der Waals surface area contributed by atoms with E-state index in [-0.39, 0.29) is 0 Å². The third-order valence-corrected chi connectivity index (χ3v) is 4.32. The molecule has 0 bridgehead atoms. The first-order chi connectivity index (χ1) is 11.0. The molecule has 124 valence electrons. The van der Waals surface area contributed by atoms with Gasteiger partial charge >= 0.3 is 0 Å². The van der Waals surface area contributed by atoms with Gasteiger partial charge in [-0.1, -0.05) is 0 Å². The number of aromatic nitrogens is 4. The predicted molar refractivity (Wildman–Crippen MR) is 85.5 cm³/mol. The van der Waals surface area contributed by atoms with Crippen molar-refractivity contribution < 1.29 is 9.15 Å². The molecule has 0 spiro atoms. The molecule has 0 saturated heterocycles. The number of hydrogen-bond donors (Lipinski definition) is 1. The van der Waals surface area contributed by atoms with Crippen molar-refractivity contribution in [2.24, 2.45) is 5.92 Å².